The summed E-state index contributed by atoms with van der Waals surface area (Å²) >= 11 is 1.39. The molecule has 2 amide bonds. The molecule has 0 aliphatic heterocycles. The van der Waals surface area contributed by atoms with E-state index in [1.165, 1.54) is 11.3 Å². The first kappa shape index (κ1) is 17.9. The molecular formula is C21H20N2O2S. The van der Waals surface area contributed by atoms with Gasteiger partial charge in [-0.25, -0.2) is 0 Å². The third-order valence-electron chi connectivity index (χ3n) is 4.13. The first-order chi connectivity index (χ1) is 12.6. The van der Waals surface area contributed by atoms with E-state index >= 15 is 0 Å². The molecule has 0 saturated carbocycles. The van der Waals surface area contributed by atoms with Gasteiger partial charge in [0.15, 0.2) is 0 Å². The largest absolute Gasteiger partial charge is 0.321 e. The van der Waals surface area contributed by atoms with Gasteiger partial charge in [-0.15, -0.1) is 11.3 Å². The van der Waals surface area contributed by atoms with Gasteiger partial charge < -0.3 is 10.6 Å². The molecule has 1 aromatic heterocycles. The number of benzene rings is 2. The van der Waals surface area contributed by atoms with Crippen molar-refractivity contribution in [3.05, 3.63) is 81.5 Å². The summed E-state index contributed by atoms with van der Waals surface area (Å²) in [5, 5.41) is 7.69. The van der Waals surface area contributed by atoms with Crippen LogP contribution in [0.5, 0.6) is 0 Å². The molecule has 0 atom stereocenters. The van der Waals surface area contributed by atoms with Crippen molar-refractivity contribution < 1.29 is 9.59 Å². The van der Waals surface area contributed by atoms with E-state index in [1.54, 1.807) is 30.3 Å². The van der Waals surface area contributed by atoms with Crippen LogP contribution in [0.15, 0.2) is 60.0 Å². The Morgan fingerprint density at radius 1 is 0.923 bits per heavy atom. The van der Waals surface area contributed by atoms with Gasteiger partial charge in [-0.1, -0.05) is 31.2 Å². The Morgan fingerprint density at radius 3 is 2.35 bits per heavy atom. The molecule has 0 unspecified atom stereocenters. The Kier molecular flexibility index (Phi) is 5.49. The third-order valence-corrected chi connectivity index (χ3v) is 5.00. The number of hydrogen-bond donors (Lipinski definition) is 2. The Morgan fingerprint density at radius 2 is 1.69 bits per heavy atom. The highest BCUT2D eigenvalue weighted by Gasteiger charge is 2.11. The SMILES string of the molecule is CCc1cccc(C)c1NC(=O)c1ccc(NC(=O)c2cccs2)cc1. The van der Waals surface area contributed by atoms with E-state index in [1.807, 2.05) is 36.6 Å². The maximum Gasteiger partial charge on any atom is 0.265 e. The van der Waals surface area contributed by atoms with Gasteiger partial charge >= 0.3 is 0 Å². The second-order valence-electron chi connectivity index (χ2n) is 5.93. The summed E-state index contributed by atoms with van der Waals surface area (Å²) < 4.78 is 0. The molecule has 0 aliphatic carbocycles. The molecule has 5 heteroatoms. The number of rotatable bonds is 5. The van der Waals surface area contributed by atoms with Crippen molar-refractivity contribution in [2.24, 2.45) is 0 Å². The van der Waals surface area contributed by atoms with Crippen LogP contribution in [0, 0.1) is 6.92 Å². The predicted molar refractivity (Wildman–Crippen MR) is 107 cm³/mol. The van der Waals surface area contributed by atoms with E-state index in [-0.39, 0.29) is 11.8 Å². The summed E-state index contributed by atoms with van der Waals surface area (Å²) in [4.78, 5) is 25.3. The summed E-state index contributed by atoms with van der Waals surface area (Å²) in [6.45, 7) is 4.05. The summed E-state index contributed by atoms with van der Waals surface area (Å²) in [6, 6.07) is 16.5. The number of hydrogen-bond acceptors (Lipinski definition) is 3. The second kappa shape index (κ2) is 7.97. The smallest absolute Gasteiger partial charge is 0.265 e. The van der Waals surface area contributed by atoms with Crippen LogP contribution in [-0.2, 0) is 6.42 Å². The number of anilines is 2. The number of amides is 2. The van der Waals surface area contributed by atoms with Crippen LogP contribution in [0.4, 0.5) is 11.4 Å². The topological polar surface area (TPSA) is 58.2 Å². The second-order valence-corrected chi connectivity index (χ2v) is 6.87. The minimum atomic E-state index is -0.162. The van der Waals surface area contributed by atoms with Crippen LogP contribution in [0.25, 0.3) is 0 Å². The molecule has 0 saturated heterocycles. The van der Waals surface area contributed by atoms with E-state index in [0.717, 1.165) is 23.2 Å². The molecule has 0 bridgehead atoms. The van der Waals surface area contributed by atoms with Crippen molar-refractivity contribution in [3.8, 4) is 0 Å². The molecule has 0 spiro atoms. The number of carbonyl (C=O) groups excluding carboxylic acids is 2. The van der Waals surface area contributed by atoms with Crippen LogP contribution in [0.1, 0.15) is 38.1 Å². The molecule has 3 rings (SSSR count). The highest BCUT2D eigenvalue weighted by atomic mass is 32.1. The molecule has 4 nitrogen and oxygen atoms in total. The van der Waals surface area contributed by atoms with Crippen molar-refractivity contribution >= 4 is 34.5 Å². The van der Waals surface area contributed by atoms with E-state index < -0.39 is 0 Å². The lowest BCUT2D eigenvalue weighted by Gasteiger charge is -2.13. The zero-order chi connectivity index (χ0) is 18.5. The van der Waals surface area contributed by atoms with Crippen LogP contribution >= 0.6 is 11.3 Å². The summed E-state index contributed by atoms with van der Waals surface area (Å²) in [5.41, 5.74) is 4.22. The lowest BCUT2D eigenvalue weighted by molar-refractivity contribution is 0.102. The molecule has 3 aromatic rings. The number of nitrogens with one attached hydrogen (secondary N) is 2. The van der Waals surface area contributed by atoms with E-state index in [4.69, 9.17) is 0 Å². The minimum absolute atomic E-state index is 0.148. The van der Waals surface area contributed by atoms with Crippen molar-refractivity contribution in [2.75, 3.05) is 10.6 Å². The van der Waals surface area contributed by atoms with E-state index in [0.29, 0.717) is 16.1 Å². The molecular weight excluding hydrogens is 344 g/mol. The van der Waals surface area contributed by atoms with Crippen LogP contribution in [-0.4, -0.2) is 11.8 Å². The van der Waals surface area contributed by atoms with Crippen LogP contribution in [0.2, 0.25) is 0 Å². The quantitative estimate of drug-likeness (QED) is 0.660. The number of carbonyl (C=O) groups is 2. The fraction of sp³-hybridized carbons (Fsp3) is 0.143. The predicted octanol–water partition coefficient (Wildman–Crippen LogP) is 5.12. The number of thiophene rings is 1. The summed E-state index contributed by atoms with van der Waals surface area (Å²) in [5.74, 6) is -0.310. The van der Waals surface area contributed by atoms with E-state index in [9.17, 15) is 9.59 Å². The molecule has 132 valence electrons. The zero-order valence-corrected chi connectivity index (χ0v) is 15.5. The van der Waals surface area contributed by atoms with Gasteiger partial charge in [0.2, 0.25) is 0 Å². The van der Waals surface area contributed by atoms with Crippen LogP contribution < -0.4 is 10.6 Å². The molecule has 2 aromatic carbocycles. The van der Waals surface area contributed by atoms with Crippen molar-refractivity contribution in [2.45, 2.75) is 20.3 Å². The van der Waals surface area contributed by atoms with E-state index in [2.05, 4.69) is 17.6 Å². The van der Waals surface area contributed by atoms with Gasteiger partial charge in [-0.3, -0.25) is 9.59 Å². The lowest BCUT2D eigenvalue weighted by atomic mass is 10.1. The Balaban J connectivity index is 1.70. The normalized spacial score (nSPS) is 10.4. The molecule has 0 radical (unpaired) electrons. The highest BCUT2D eigenvalue weighted by molar-refractivity contribution is 7.12. The molecule has 1 heterocycles. The lowest BCUT2D eigenvalue weighted by Crippen LogP contribution is -2.15. The van der Waals surface area contributed by atoms with Crippen molar-refractivity contribution in [1.82, 2.24) is 0 Å². The first-order valence-electron chi connectivity index (χ1n) is 8.43. The fourth-order valence-corrected chi connectivity index (χ4v) is 3.31. The number of aryl methyl sites for hydroxylation is 2. The average molecular weight is 364 g/mol. The first-order valence-corrected chi connectivity index (χ1v) is 9.31. The van der Waals surface area contributed by atoms with Gasteiger partial charge in [-0.05, 0) is 60.2 Å². The highest BCUT2D eigenvalue weighted by Crippen LogP contribution is 2.22. The van der Waals surface area contributed by atoms with Crippen molar-refractivity contribution in [3.63, 3.8) is 0 Å². The number of para-hydroxylation sites is 1. The molecule has 26 heavy (non-hydrogen) atoms. The van der Waals surface area contributed by atoms with Gasteiger partial charge in [0.05, 0.1) is 4.88 Å². The maximum atomic E-state index is 12.6. The fourth-order valence-electron chi connectivity index (χ4n) is 2.69. The Bertz CT molecular complexity index is 916. The standard InChI is InChI=1S/C21H20N2O2S/c1-3-15-7-4-6-14(2)19(15)23-20(24)16-9-11-17(12-10-16)22-21(25)18-8-5-13-26-18/h4-13H,3H2,1-2H3,(H,22,25)(H,23,24). The molecule has 0 aliphatic rings. The summed E-state index contributed by atoms with van der Waals surface area (Å²) in [6.07, 6.45) is 0.852. The monoisotopic (exact) mass is 364 g/mol. The minimum Gasteiger partial charge on any atom is -0.321 e. The zero-order valence-electron chi connectivity index (χ0n) is 14.7. The van der Waals surface area contributed by atoms with Crippen molar-refractivity contribution in [1.29, 1.82) is 0 Å². The Labute approximate surface area is 156 Å². The van der Waals surface area contributed by atoms with Gasteiger partial charge in [-0.2, -0.15) is 0 Å². The third kappa shape index (κ3) is 4.00. The Hall–Kier alpha value is -2.92. The van der Waals surface area contributed by atoms with Gasteiger partial charge in [0, 0.05) is 16.9 Å². The molecule has 2 N–H and O–H groups in total. The van der Waals surface area contributed by atoms with Gasteiger partial charge in [0.25, 0.3) is 11.8 Å². The van der Waals surface area contributed by atoms with Gasteiger partial charge in [0.1, 0.15) is 0 Å². The summed E-state index contributed by atoms with van der Waals surface area (Å²) in [7, 11) is 0. The maximum absolute atomic E-state index is 12.6. The average Bonchev–Trinajstić information content (AvgIpc) is 3.19. The van der Waals surface area contributed by atoms with Crippen LogP contribution in [0.3, 0.4) is 0 Å². The molecule has 0 fully saturated rings.